The van der Waals surface area contributed by atoms with Crippen molar-refractivity contribution in [3.05, 3.63) is 33.8 Å². The molecule has 0 aliphatic rings. The Hall–Kier alpha value is -0.480. The highest BCUT2D eigenvalue weighted by molar-refractivity contribution is 9.10. The number of benzene rings is 1. The zero-order valence-corrected chi connectivity index (χ0v) is 12.8. The van der Waals surface area contributed by atoms with Crippen molar-refractivity contribution in [2.75, 3.05) is 12.8 Å². The van der Waals surface area contributed by atoms with Gasteiger partial charge in [0.1, 0.15) is 0 Å². The number of aryl methyl sites for hydroxylation is 1. The number of thioether (sulfide) groups is 1. The molecule has 0 fully saturated rings. The molecule has 2 nitrogen and oxygen atoms in total. The molecule has 1 N–H and O–H groups in total. The quantitative estimate of drug-likeness (QED) is 0.899. The van der Waals surface area contributed by atoms with Crippen LogP contribution < -0.4 is 5.32 Å². The summed E-state index contributed by atoms with van der Waals surface area (Å²) in [4.78, 5) is 11.9. The molecule has 0 saturated heterocycles. The average Bonchev–Trinajstić information content (AvgIpc) is 2.27. The number of nitrogens with one attached hydrogen (secondary N) is 1. The molecule has 0 spiro atoms. The lowest BCUT2D eigenvalue weighted by molar-refractivity contribution is 0.0953. The van der Waals surface area contributed by atoms with Crippen LogP contribution in [0.15, 0.2) is 22.7 Å². The van der Waals surface area contributed by atoms with Crippen LogP contribution in [0.3, 0.4) is 0 Å². The second-order valence-corrected chi connectivity index (χ2v) is 6.30. The minimum absolute atomic E-state index is 0.00250. The fourth-order valence-corrected chi connectivity index (χ4v) is 2.44. The minimum atomic E-state index is 0.00250. The summed E-state index contributed by atoms with van der Waals surface area (Å²) in [5.74, 6) is 0.00250. The van der Waals surface area contributed by atoms with E-state index in [0.717, 1.165) is 23.0 Å². The first-order valence-corrected chi connectivity index (χ1v) is 7.69. The third-order valence-electron chi connectivity index (χ3n) is 2.54. The molecule has 0 saturated carbocycles. The van der Waals surface area contributed by atoms with E-state index in [0.29, 0.717) is 10.8 Å². The van der Waals surface area contributed by atoms with Crippen molar-refractivity contribution < 1.29 is 4.79 Å². The molecule has 0 heterocycles. The molecule has 1 rings (SSSR count). The molecule has 94 valence electrons. The van der Waals surface area contributed by atoms with Gasteiger partial charge in [-0.15, -0.1) is 0 Å². The normalized spacial score (nSPS) is 12.2. The first-order valence-electron chi connectivity index (χ1n) is 5.61. The van der Waals surface area contributed by atoms with Crippen LogP contribution in [0.4, 0.5) is 0 Å². The molecule has 17 heavy (non-hydrogen) atoms. The summed E-state index contributed by atoms with van der Waals surface area (Å²) in [5.41, 5.74) is 1.80. The van der Waals surface area contributed by atoms with Crippen molar-refractivity contribution in [3.63, 3.8) is 0 Å². The fourth-order valence-electron chi connectivity index (χ4n) is 1.48. The van der Waals surface area contributed by atoms with Crippen molar-refractivity contribution in [1.82, 2.24) is 5.32 Å². The Morgan fingerprint density at radius 1 is 1.47 bits per heavy atom. The highest BCUT2D eigenvalue weighted by Gasteiger charge is 2.07. The molecule has 1 unspecified atom stereocenters. The first kappa shape index (κ1) is 14.6. The van der Waals surface area contributed by atoms with Gasteiger partial charge in [-0.05, 0) is 43.4 Å². The van der Waals surface area contributed by atoms with Gasteiger partial charge in [-0.1, -0.05) is 22.9 Å². The molecule has 0 aromatic heterocycles. The maximum absolute atomic E-state index is 11.9. The van der Waals surface area contributed by atoms with Gasteiger partial charge in [0.25, 0.3) is 5.91 Å². The summed E-state index contributed by atoms with van der Waals surface area (Å²) < 4.78 is 0.945. The molecule has 0 radical (unpaired) electrons. The maximum atomic E-state index is 11.9. The van der Waals surface area contributed by atoms with Gasteiger partial charge >= 0.3 is 0 Å². The summed E-state index contributed by atoms with van der Waals surface area (Å²) in [6.07, 6.45) is 3.09. The van der Waals surface area contributed by atoms with E-state index in [4.69, 9.17) is 0 Å². The zero-order valence-electron chi connectivity index (χ0n) is 10.4. The highest BCUT2D eigenvalue weighted by Crippen LogP contribution is 2.15. The Morgan fingerprint density at radius 3 is 2.76 bits per heavy atom. The Labute approximate surface area is 116 Å². The summed E-state index contributed by atoms with van der Waals surface area (Å²) >= 11 is 5.22. The summed E-state index contributed by atoms with van der Waals surface area (Å²) in [5, 5.41) is 3.53. The molecular weight excluding hydrogens is 298 g/mol. The van der Waals surface area contributed by atoms with Gasteiger partial charge in [-0.3, -0.25) is 4.79 Å². The van der Waals surface area contributed by atoms with E-state index in [-0.39, 0.29) is 5.91 Å². The Balaban J connectivity index is 2.52. The third kappa shape index (κ3) is 5.13. The third-order valence-corrected chi connectivity index (χ3v) is 4.04. The molecule has 1 aromatic rings. The maximum Gasteiger partial charge on any atom is 0.251 e. The van der Waals surface area contributed by atoms with Gasteiger partial charge in [-0.2, -0.15) is 11.8 Å². The van der Waals surface area contributed by atoms with Crippen molar-refractivity contribution in [2.24, 2.45) is 0 Å². The zero-order chi connectivity index (χ0) is 12.8. The number of halogens is 1. The standard InChI is InChI=1S/C13H18BrNOS/c1-9-6-11(8-12(14)7-9)13(16)15-5-4-10(2)17-3/h6-8,10H,4-5H2,1-3H3,(H,15,16). The summed E-state index contributed by atoms with van der Waals surface area (Å²) in [6.45, 7) is 4.88. The van der Waals surface area contributed by atoms with Gasteiger partial charge in [0, 0.05) is 21.8 Å². The number of carbonyl (C=O) groups is 1. The number of rotatable bonds is 5. The molecule has 0 bridgehead atoms. The van der Waals surface area contributed by atoms with Gasteiger partial charge in [-0.25, -0.2) is 0 Å². The predicted octanol–water partition coefficient (Wildman–Crippen LogP) is 3.63. The number of hydrogen-bond acceptors (Lipinski definition) is 2. The van der Waals surface area contributed by atoms with E-state index in [9.17, 15) is 4.79 Å². The first-order chi connectivity index (χ1) is 8.02. The van der Waals surface area contributed by atoms with Crippen LogP contribution in [0.2, 0.25) is 0 Å². The predicted molar refractivity (Wildman–Crippen MR) is 78.8 cm³/mol. The average molecular weight is 316 g/mol. The van der Waals surface area contributed by atoms with Gasteiger partial charge in [0.15, 0.2) is 0 Å². The number of hydrogen-bond donors (Lipinski definition) is 1. The summed E-state index contributed by atoms with van der Waals surface area (Å²) in [6, 6.07) is 5.74. The highest BCUT2D eigenvalue weighted by atomic mass is 79.9. The van der Waals surface area contributed by atoms with Crippen molar-refractivity contribution in [2.45, 2.75) is 25.5 Å². The Morgan fingerprint density at radius 2 is 2.18 bits per heavy atom. The topological polar surface area (TPSA) is 29.1 Å². The largest absolute Gasteiger partial charge is 0.352 e. The SMILES string of the molecule is CSC(C)CCNC(=O)c1cc(C)cc(Br)c1. The molecule has 0 aliphatic heterocycles. The van der Waals surface area contributed by atoms with Crippen LogP contribution >= 0.6 is 27.7 Å². The molecule has 0 aliphatic carbocycles. The van der Waals surface area contributed by atoms with E-state index in [1.807, 2.05) is 36.9 Å². The van der Waals surface area contributed by atoms with E-state index in [1.165, 1.54) is 0 Å². The molecule has 1 aromatic carbocycles. The van der Waals surface area contributed by atoms with E-state index in [1.54, 1.807) is 0 Å². The smallest absolute Gasteiger partial charge is 0.251 e. The lowest BCUT2D eigenvalue weighted by Crippen LogP contribution is -2.26. The van der Waals surface area contributed by atoms with Crippen LogP contribution in [-0.4, -0.2) is 24.0 Å². The van der Waals surface area contributed by atoms with E-state index < -0.39 is 0 Å². The van der Waals surface area contributed by atoms with E-state index in [2.05, 4.69) is 34.4 Å². The fraction of sp³-hybridized carbons (Fsp3) is 0.462. The van der Waals surface area contributed by atoms with Crippen LogP contribution in [0.25, 0.3) is 0 Å². The monoisotopic (exact) mass is 315 g/mol. The van der Waals surface area contributed by atoms with Gasteiger partial charge in [0.05, 0.1) is 0 Å². The van der Waals surface area contributed by atoms with Gasteiger partial charge < -0.3 is 5.32 Å². The van der Waals surface area contributed by atoms with Gasteiger partial charge in [0.2, 0.25) is 0 Å². The second-order valence-electron chi connectivity index (χ2n) is 4.11. The molecule has 4 heteroatoms. The molecule has 1 atom stereocenters. The minimum Gasteiger partial charge on any atom is -0.352 e. The lowest BCUT2D eigenvalue weighted by atomic mass is 10.1. The van der Waals surface area contributed by atoms with Crippen molar-refractivity contribution in [3.8, 4) is 0 Å². The second kappa shape index (κ2) is 7.07. The number of carbonyl (C=O) groups excluding carboxylic acids is 1. The van der Waals surface area contributed by atoms with Crippen LogP contribution in [0, 0.1) is 6.92 Å². The van der Waals surface area contributed by atoms with Crippen molar-refractivity contribution >= 4 is 33.6 Å². The van der Waals surface area contributed by atoms with Crippen LogP contribution in [-0.2, 0) is 0 Å². The Kier molecular flexibility index (Phi) is 6.06. The lowest BCUT2D eigenvalue weighted by Gasteiger charge is -2.09. The number of amides is 1. The summed E-state index contributed by atoms with van der Waals surface area (Å²) in [7, 11) is 0. The molecule has 1 amide bonds. The van der Waals surface area contributed by atoms with Crippen molar-refractivity contribution in [1.29, 1.82) is 0 Å². The molecular formula is C13H18BrNOS. The van der Waals surface area contributed by atoms with Crippen LogP contribution in [0.5, 0.6) is 0 Å². The van der Waals surface area contributed by atoms with Crippen LogP contribution in [0.1, 0.15) is 29.3 Å². The Bertz CT molecular complexity index is 375. The van der Waals surface area contributed by atoms with E-state index >= 15 is 0 Å².